The van der Waals surface area contributed by atoms with Crippen LogP contribution in [0.4, 0.5) is 13.2 Å². The summed E-state index contributed by atoms with van der Waals surface area (Å²) in [6.07, 6.45) is -4.30. The zero-order chi connectivity index (χ0) is 15.8. The fourth-order valence-corrected chi connectivity index (χ4v) is 3.33. The average molecular weight is 413 g/mol. The number of carbonyl (C=O) groups is 1. The molecule has 21 heavy (non-hydrogen) atoms. The monoisotopic (exact) mass is 413 g/mol. The van der Waals surface area contributed by atoms with Gasteiger partial charge in [0.1, 0.15) is 5.75 Å². The topological polar surface area (TPSA) is 38.3 Å². The smallest absolute Gasteiger partial charge is 0.450 e. The van der Waals surface area contributed by atoms with Gasteiger partial charge in [-0.1, -0.05) is 0 Å². The van der Waals surface area contributed by atoms with E-state index < -0.39 is 17.4 Å². The molecule has 0 saturated carbocycles. The number of halogens is 4. The van der Waals surface area contributed by atoms with E-state index in [1.54, 1.807) is 12.1 Å². The highest BCUT2D eigenvalue weighted by Gasteiger charge is 2.52. The maximum atomic E-state index is 12.9. The van der Waals surface area contributed by atoms with E-state index in [0.717, 1.165) is 5.56 Å². The van der Waals surface area contributed by atoms with Gasteiger partial charge in [0.15, 0.2) is 0 Å². The number of fused-ring (bicyclic) bond motifs is 1. The van der Waals surface area contributed by atoms with Crippen LogP contribution >= 0.6 is 22.6 Å². The zero-order valence-electron chi connectivity index (χ0n) is 11.6. The molecule has 1 unspecified atom stereocenters. The van der Waals surface area contributed by atoms with Gasteiger partial charge < -0.3 is 10.1 Å². The SMILES string of the molecule is COc1cc2c(cc1I)C(C)(C(=O)C(F)(F)F)CNCC2. The molecule has 0 spiro atoms. The Morgan fingerprint density at radius 2 is 2.10 bits per heavy atom. The number of methoxy groups -OCH3 is 1. The van der Waals surface area contributed by atoms with Crippen molar-refractivity contribution in [3.05, 3.63) is 26.8 Å². The lowest BCUT2D eigenvalue weighted by molar-refractivity contribution is -0.176. The van der Waals surface area contributed by atoms with Crippen LogP contribution in [0.2, 0.25) is 0 Å². The first-order chi connectivity index (χ1) is 9.70. The van der Waals surface area contributed by atoms with E-state index in [-0.39, 0.29) is 6.54 Å². The number of carbonyl (C=O) groups excluding carboxylic acids is 1. The van der Waals surface area contributed by atoms with Crippen LogP contribution < -0.4 is 10.1 Å². The van der Waals surface area contributed by atoms with Gasteiger partial charge in [-0.3, -0.25) is 4.79 Å². The van der Waals surface area contributed by atoms with Gasteiger partial charge >= 0.3 is 6.18 Å². The van der Waals surface area contributed by atoms with E-state index in [1.807, 2.05) is 22.6 Å². The van der Waals surface area contributed by atoms with Crippen molar-refractivity contribution in [3.63, 3.8) is 0 Å². The summed E-state index contributed by atoms with van der Waals surface area (Å²) in [5.41, 5.74) is -0.464. The lowest BCUT2D eigenvalue weighted by atomic mass is 9.76. The largest absolute Gasteiger partial charge is 0.496 e. The van der Waals surface area contributed by atoms with Gasteiger partial charge in [0.25, 0.3) is 0 Å². The molecular weight excluding hydrogens is 398 g/mol. The number of Topliss-reactive ketones (excluding diaryl/α,β-unsaturated/α-hetero) is 1. The summed E-state index contributed by atoms with van der Waals surface area (Å²) in [6, 6.07) is 3.36. The van der Waals surface area contributed by atoms with Crippen LogP contribution in [0, 0.1) is 3.57 Å². The molecule has 1 aliphatic rings. The molecule has 0 aromatic heterocycles. The average Bonchev–Trinajstić information content (AvgIpc) is 2.57. The predicted molar refractivity (Wildman–Crippen MR) is 80.7 cm³/mol. The number of hydrogen-bond donors (Lipinski definition) is 1. The van der Waals surface area contributed by atoms with Crippen LogP contribution in [-0.4, -0.2) is 32.2 Å². The number of benzene rings is 1. The molecule has 3 nitrogen and oxygen atoms in total. The highest BCUT2D eigenvalue weighted by Crippen LogP contribution is 2.38. The standard InChI is InChI=1S/C14H15F3INO2/c1-13(12(20)14(15,16)17)7-19-4-3-8-5-11(21-2)10(18)6-9(8)13/h5-6,19H,3-4,7H2,1-2H3. The summed E-state index contributed by atoms with van der Waals surface area (Å²) in [5.74, 6) is -1.11. The number of alkyl halides is 3. The fourth-order valence-electron chi connectivity index (χ4n) is 2.64. The maximum absolute atomic E-state index is 12.9. The Hall–Kier alpha value is -0.830. The molecular formula is C14H15F3INO2. The molecule has 116 valence electrons. The second-order valence-electron chi connectivity index (χ2n) is 5.23. The predicted octanol–water partition coefficient (Wildman–Crippen LogP) is 2.83. The second-order valence-corrected chi connectivity index (χ2v) is 6.39. The summed E-state index contributed by atoms with van der Waals surface area (Å²) in [6.45, 7) is 1.85. The van der Waals surface area contributed by atoms with Crippen LogP contribution in [0.1, 0.15) is 18.1 Å². The molecule has 2 rings (SSSR count). The van der Waals surface area contributed by atoms with Gasteiger partial charge in [-0.25, -0.2) is 0 Å². The molecule has 1 N–H and O–H groups in total. The van der Waals surface area contributed by atoms with Crippen molar-refractivity contribution in [2.24, 2.45) is 0 Å². The molecule has 0 amide bonds. The molecule has 0 radical (unpaired) electrons. The van der Waals surface area contributed by atoms with Gasteiger partial charge in [-0.2, -0.15) is 13.2 Å². The van der Waals surface area contributed by atoms with E-state index in [9.17, 15) is 18.0 Å². The minimum Gasteiger partial charge on any atom is -0.496 e. The maximum Gasteiger partial charge on any atom is 0.450 e. The number of rotatable bonds is 2. The Labute approximate surface area is 134 Å². The lowest BCUT2D eigenvalue weighted by Gasteiger charge is -2.30. The first-order valence-electron chi connectivity index (χ1n) is 6.39. The number of ether oxygens (including phenoxy) is 1. The fraction of sp³-hybridized carbons (Fsp3) is 0.500. The molecule has 1 atom stereocenters. The van der Waals surface area contributed by atoms with Crippen LogP contribution in [0.5, 0.6) is 5.75 Å². The van der Waals surface area contributed by atoms with Crippen LogP contribution in [0.25, 0.3) is 0 Å². The van der Waals surface area contributed by atoms with Crippen molar-refractivity contribution in [2.45, 2.75) is 24.9 Å². The van der Waals surface area contributed by atoms with E-state index in [0.29, 0.717) is 27.8 Å². The molecule has 1 aromatic rings. The first kappa shape index (κ1) is 16.5. The Kier molecular flexibility index (Phi) is 4.53. The first-order valence-corrected chi connectivity index (χ1v) is 7.47. The minimum absolute atomic E-state index is 0.0270. The molecule has 1 heterocycles. The van der Waals surface area contributed by atoms with Crippen molar-refractivity contribution in [2.75, 3.05) is 20.2 Å². The third kappa shape index (κ3) is 3.03. The van der Waals surface area contributed by atoms with Gasteiger partial charge in [-0.15, -0.1) is 0 Å². The van der Waals surface area contributed by atoms with Gasteiger partial charge in [0.05, 0.1) is 16.1 Å². The van der Waals surface area contributed by atoms with Crippen molar-refractivity contribution in [3.8, 4) is 5.75 Å². The van der Waals surface area contributed by atoms with Crippen LogP contribution in [0.15, 0.2) is 12.1 Å². The van der Waals surface area contributed by atoms with E-state index in [1.165, 1.54) is 14.0 Å². The molecule has 0 bridgehead atoms. The Balaban J connectivity index is 2.62. The molecule has 0 aliphatic carbocycles. The Morgan fingerprint density at radius 1 is 1.43 bits per heavy atom. The Bertz CT molecular complexity index is 574. The summed E-state index contributed by atoms with van der Waals surface area (Å²) in [4.78, 5) is 11.9. The normalized spacial score (nSPS) is 22.4. The summed E-state index contributed by atoms with van der Waals surface area (Å²) >= 11 is 2.00. The van der Waals surface area contributed by atoms with E-state index in [2.05, 4.69) is 5.32 Å². The van der Waals surface area contributed by atoms with Gasteiger partial charge in [0.2, 0.25) is 5.78 Å². The summed E-state index contributed by atoms with van der Waals surface area (Å²) in [5, 5.41) is 2.93. The quantitative estimate of drug-likeness (QED) is 0.759. The summed E-state index contributed by atoms with van der Waals surface area (Å²) < 4.78 is 44.7. The van der Waals surface area contributed by atoms with Crippen molar-refractivity contribution in [1.29, 1.82) is 0 Å². The Morgan fingerprint density at radius 3 is 2.67 bits per heavy atom. The van der Waals surface area contributed by atoms with Crippen molar-refractivity contribution in [1.82, 2.24) is 5.32 Å². The molecule has 7 heteroatoms. The number of nitrogens with one attached hydrogen (secondary N) is 1. The number of hydrogen-bond acceptors (Lipinski definition) is 3. The van der Waals surface area contributed by atoms with Crippen LogP contribution in [-0.2, 0) is 16.6 Å². The molecule has 1 aromatic carbocycles. The third-order valence-corrected chi connectivity index (χ3v) is 4.62. The highest BCUT2D eigenvalue weighted by atomic mass is 127. The van der Waals surface area contributed by atoms with Gasteiger partial charge in [-0.05, 0) is 65.7 Å². The van der Waals surface area contributed by atoms with E-state index in [4.69, 9.17) is 4.74 Å². The lowest BCUT2D eigenvalue weighted by Crippen LogP contribution is -2.48. The highest BCUT2D eigenvalue weighted by molar-refractivity contribution is 14.1. The second kappa shape index (κ2) is 5.75. The zero-order valence-corrected chi connectivity index (χ0v) is 13.8. The third-order valence-electron chi connectivity index (χ3n) is 3.78. The van der Waals surface area contributed by atoms with E-state index >= 15 is 0 Å². The molecule has 0 saturated heterocycles. The number of ketones is 1. The van der Waals surface area contributed by atoms with Gasteiger partial charge in [0, 0.05) is 6.54 Å². The van der Waals surface area contributed by atoms with Crippen molar-refractivity contribution >= 4 is 28.4 Å². The van der Waals surface area contributed by atoms with Crippen molar-refractivity contribution < 1.29 is 22.7 Å². The minimum atomic E-state index is -4.86. The molecule has 0 fully saturated rings. The summed E-state index contributed by atoms with van der Waals surface area (Å²) in [7, 11) is 1.51. The van der Waals surface area contributed by atoms with Crippen LogP contribution in [0.3, 0.4) is 0 Å². The molecule has 1 aliphatic heterocycles.